The molecule has 0 bridgehead atoms. The second kappa shape index (κ2) is 8.27. The molecular weight excluding hydrogens is 344 g/mol. The largest absolute Gasteiger partial charge is 0.495 e. The fourth-order valence-electron chi connectivity index (χ4n) is 2.62. The van der Waals surface area contributed by atoms with Crippen LogP contribution in [0.1, 0.15) is 5.56 Å². The molecule has 0 saturated carbocycles. The van der Waals surface area contributed by atoms with Crippen LogP contribution in [0.25, 0.3) is 16.8 Å². The highest BCUT2D eigenvalue weighted by Crippen LogP contribution is 2.23. The second-order valence-corrected chi connectivity index (χ2v) is 5.95. The number of nitrogens with one attached hydrogen (secondary N) is 2. The normalized spacial score (nSPS) is 10.7. The molecule has 2 N–H and O–H groups in total. The summed E-state index contributed by atoms with van der Waals surface area (Å²) in [6, 6.07) is 21.4. The van der Waals surface area contributed by atoms with E-state index in [0.717, 1.165) is 16.3 Å². The van der Waals surface area contributed by atoms with Gasteiger partial charge in [0.15, 0.2) is 5.11 Å². The first-order valence-corrected chi connectivity index (χ1v) is 8.49. The molecule has 3 aromatic carbocycles. The lowest BCUT2D eigenvalue weighted by atomic mass is 10.0. The maximum Gasteiger partial charge on any atom is 0.250 e. The van der Waals surface area contributed by atoms with Gasteiger partial charge in [-0.15, -0.1) is 0 Å². The molecule has 0 radical (unpaired) electrons. The molecule has 3 aromatic rings. The molecule has 0 unspecified atom stereocenters. The molecule has 0 heterocycles. The first-order valence-electron chi connectivity index (χ1n) is 8.08. The van der Waals surface area contributed by atoms with Gasteiger partial charge in [-0.2, -0.15) is 0 Å². The smallest absolute Gasteiger partial charge is 0.250 e. The number of hydrogen-bond acceptors (Lipinski definition) is 3. The molecule has 26 heavy (non-hydrogen) atoms. The van der Waals surface area contributed by atoms with Gasteiger partial charge in [-0.05, 0) is 46.8 Å². The minimum absolute atomic E-state index is 0.210. The summed E-state index contributed by atoms with van der Waals surface area (Å²) in [6.07, 6.45) is 3.25. The van der Waals surface area contributed by atoms with E-state index in [2.05, 4.69) is 10.6 Å². The Labute approximate surface area is 157 Å². The molecule has 0 aromatic heterocycles. The van der Waals surface area contributed by atoms with Crippen LogP contribution in [0.15, 0.2) is 72.8 Å². The van der Waals surface area contributed by atoms with Gasteiger partial charge in [0.25, 0.3) is 0 Å². The first kappa shape index (κ1) is 17.6. The summed E-state index contributed by atoms with van der Waals surface area (Å²) in [5.74, 6) is 0.348. The Morgan fingerprint density at radius 1 is 1.00 bits per heavy atom. The summed E-state index contributed by atoms with van der Waals surface area (Å²) < 4.78 is 5.25. The SMILES string of the molecule is COc1ccccc1NC(=S)NC(=O)/C=C/c1cccc2ccccc12. The van der Waals surface area contributed by atoms with Crippen LogP contribution in [0.3, 0.4) is 0 Å². The highest BCUT2D eigenvalue weighted by molar-refractivity contribution is 7.80. The zero-order chi connectivity index (χ0) is 18.4. The van der Waals surface area contributed by atoms with Crippen LogP contribution in [0.4, 0.5) is 5.69 Å². The maximum atomic E-state index is 12.2. The van der Waals surface area contributed by atoms with Crippen molar-refractivity contribution >= 4 is 45.8 Å². The van der Waals surface area contributed by atoms with Crippen molar-refractivity contribution in [2.45, 2.75) is 0 Å². The lowest BCUT2D eigenvalue weighted by Gasteiger charge is -2.11. The van der Waals surface area contributed by atoms with E-state index >= 15 is 0 Å². The summed E-state index contributed by atoms with van der Waals surface area (Å²) in [6.45, 7) is 0. The van der Waals surface area contributed by atoms with Gasteiger partial charge in [0.1, 0.15) is 5.75 Å². The Balaban J connectivity index is 1.66. The van der Waals surface area contributed by atoms with Crippen molar-refractivity contribution in [3.05, 3.63) is 78.4 Å². The number of benzene rings is 3. The van der Waals surface area contributed by atoms with Crippen LogP contribution in [-0.4, -0.2) is 18.1 Å². The van der Waals surface area contributed by atoms with Crippen molar-refractivity contribution in [3.63, 3.8) is 0 Å². The molecular formula is C21H18N2O2S. The highest BCUT2D eigenvalue weighted by Gasteiger charge is 2.06. The van der Waals surface area contributed by atoms with E-state index in [-0.39, 0.29) is 11.0 Å². The number of thiocarbonyl (C=S) groups is 1. The fourth-order valence-corrected chi connectivity index (χ4v) is 2.83. The van der Waals surface area contributed by atoms with Crippen molar-refractivity contribution in [1.82, 2.24) is 5.32 Å². The minimum atomic E-state index is -0.301. The molecule has 0 spiro atoms. The van der Waals surface area contributed by atoms with E-state index in [1.807, 2.05) is 66.7 Å². The molecule has 3 rings (SSSR count). The standard InChI is InChI=1S/C21H18N2O2S/c1-25-19-12-5-4-11-18(19)22-21(26)23-20(24)14-13-16-9-6-8-15-7-2-3-10-17(15)16/h2-14H,1H3,(H2,22,23,24,26)/b14-13+. The number of para-hydroxylation sites is 2. The Bertz CT molecular complexity index is 977. The molecule has 0 aliphatic heterocycles. The third kappa shape index (κ3) is 4.26. The molecule has 0 fully saturated rings. The summed E-state index contributed by atoms with van der Waals surface area (Å²) >= 11 is 5.20. The van der Waals surface area contributed by atoms with Gasteiger partial charge in [-0.3, -0.25) is 10.1 Å². The number of carbonyl (C=O) groups is 1. The van der Waals surface area contributed by atoms with E-state index in [4.69, 9.17) is 17.0 Å². The van der Waals surface area contributed by atoms with E-state index < -0.39 is 0 Å². The minimum Gasteiger partial charge on any atom is -0.495 e. The van der Waals surface area contributed by atoms with E-state index in [9.17, 15) is 4.79 Å². The lowest BCUT2D eigenvalue weighted by molar-refractivity contribution is -0.115. The Morgan fingerprint density at radius 2 is 1.73 bits per heavy atom. The summed E-state index contributed by atoms with van der Waals surface area (Å²) in [5.41, 5.74) is 1.67. The van der Waals surface area contributed by atoms with Gasteiger partial charge >= 0.3 is 0 Å². The molecule has 4 nitrogen and oxygen atoms in total. The van der Waals surface area contributed by atoms with E-state index in [0.29, 0.717) is 11.4 Å². The Morgan fingerprint density at radius 3 is 2.58 bits per heavy atom. The summed E-state index contributed by atoms with van der Waals surface area (Å²) in [5, 5.41) is 8.03. The van der Waals surface area contributed by atoms with Gasteiger partial charge in [0.05, 0.1) is 12.8 Å². The van der Waals surface area contributed by atoms with Crippen molar-refractivity contribution in [1.29, 1.82) is 0 Å². The summed E-state index contributed by atoms with van der Waals surface area (Å²) in [4.78, 5) is 12.2. The van der Waals surface area contributed by atoms with Crippen LogP contribution in [0.2, 0.25) is 0 Å². The number of methoxy groups -OCH3 is 1. The first-order chi connectivity index (χ1) is 12.7. The van der Waals surface area contributed by atoms with Crippen molar-refractivity contribution in [2.24, 2.45) is 0 Å². The molecule has 0 aliphatic rings. The van der Waals surface area contributed by atoms with Crippen LogP contribution >= 0.6 is 12.2 Å². The maximum absolute atomic E-state index is 12.2. The number of carbonyl (C=O) groups excluding carboxylic acids is 1. The van der Waals surface area contributed by atoms with E-state index in [1.54, 1.807) is 13.2 Å². The number of fused-ring (bicyclic) bond motifs is 1. The lowest BCUT2D eigenvalue weighted by Crippen LogP contribution is -2.32. The zero-order valence-electron chi connectivity index (χ0n) is 14.2. The molecule has 0 aliphatic carbocycles. The van der Waals surface area contributed by atoms with Crippen molar-refractivity contribution in [2.75, 3.05) is 12.4 Å². The molecule has 0 atom stereocenters. The van der Waals surface area contributed by atoms with Crippen LogP contribution in [0, 0.1) is 0 Å². The van der Waals surface area contributed by atoms with Crippen LogP contribution in [0.5, 0.6) is 5.75 Å². The van der Waals surface area contributed by atoms with Crippen LogP contribution < -0.4 is 15.4 Å². The summed E-state index contributed by atoms with van der Waals surface area (Å²) in [7, 11) is 1.58. The number of hydrogen-bond donors (Lipinski definition) is 2. The topological polar surface area (TPSA) is 50.4 Å². The van der Waals surface area contributed by atoms with Gasteiger partial charge < -0.3 is 10.1 Å². The number of amides is 1. The molecule has 0 saturated heterocycles. The highest BCUT2D eigenvalue weighted by atomic mass is 32.1. The number of anilines is 1. The fraction of sp³-hybridized carbons (Fsp3) is 0.0476. The monoisotopic (exact) mass is 362 g/mol. The Kier molecular flexibility index (Phi) is 5.61. The number of ether oxygens (including phenoxy) is 1. The quantitative estimate of drug-likeness (QED) is 0.534. The predicted octanol–water partition coefficient (Wildman–Crippen LogP) is 4.37. The predicted molar refractivity (Wildman–Crippen MR) is 110 cm³/mol. The second-order valence-electron chi connectivity index (χ2n) is 5.55. The van der Waals surface area contributed by atoms with Crippen molar-refractivity contribution in [3.8, 4) is 5.75 Å². The average molecular weight is 362 g/mol. The third-order valence-electron chi connectivity index (χ3n) is 3.83. The molecule has 1 amide bonds. The van der Waals surface area contributed by atoms with Gasteiger partial charge in [-0.1, -0.05) is 54.6 Å². The van der Waals surface area contributed by atoms with E-state index in [1.165, 1.54) is 6.08 Å². The third-order valence-corrected chi connectivity index (χ3v) is 4.03. The zero-order valence-corrected chi connectivity index (χ0v) is 15.0. The van der Waals surface area contributed by atoms with Crippen LogP contribution in [-0.2, 0) is 4.79 Å². The van der Waals surface area contributed by atoms with Crippen molar-refractivity contribution < 1.29 is 9.53 Å². The molecule has 130 valence electrons. The Hall–Kier alpha value is -3.18. The number of rotatable bonds is 4. The average Bonchev–Trinajstić information content (AvgIpc) is 2.66. The van der Waals surface area contributed by atoms with Gasteiger partial charge in [0, 0.05) is 6.08 Å². The molecule has 5 heteroatoms. The van der Waals surface area contributed by atoms with Gasteiger partial charge in [0.2, 0.25) is 5.91 Å². The van der Waals surface area contributed by atoms with Gasteiger partial charge in [-0.25, -0.2) is 0 Å².